The first-order valence-electron chi connectivity index (χ1n) is 12.7. The van der Waals surface area contributed by atoms with Crippen LogP contribution >= 0.6 is 12.6 Å². The number of amides is 1. The number of rotatable bonds is 28. The van der Waals surface area contributed by atoms with Crippen molar-refractivity contribution in [3.05, 3.63) is 0 Å². The van der Waals surface area contributed by atoms with E-state index >= 15 is 0 Å². The molecular formula is C24H49NO7S. The Morgan fingerprint density at radius 1 is 0.576 bits per heavy atom. The number of ether oxygens (including phenoxy) is 5. The minimum absolute atomic E-state index is 0.0307. The molecule has 0 heterocycles. The zero-order valence-electron chi connectivity index (χ0n) is 20.6. The topological polar surface area (TPSA) is 95.5 Å². The number of nitrogens with one attached hydrogen (secondary N) is 1. The van der Waals surface area contributed by atoms with Crippen LogP contribution in [0, 0.1) is 0 Å². The first-order chi connectivity index (χ1) is 16.3. The summed E-state index contributed by atoms with van der Waals surface area (Å²) in [4.78, 5) is 11.8. The molecule has 0 rings (SSSR count). The van der Waals surface area contributed by atoms with Crippen molar-refractivity contribution in [1.82, 2.24) is 5.32 Å². The summed E-state index contributed by atoms with van der Waals surface area (Å²) in [7, 11) is 0. The summed E-state index contributed by atoms with van der Waals surface area (Å²) >= 11 is 4.23. The van der Waals surface area contributed by atoms with Gasteiger partial charge in [0.25, 0.3) is 0 Å². The lowest BCUT2D eigenvalue weighted by Gasteiger charge is -2.08. The normalized spacial score (nSPS) is 11.2. The number of aliphatic hydroxyl groups is 1. The predicted octanol–water partition coefficient (Wildman–Crippen LogP) is 3.01. The van der Waals surface area contributed by atoms with Gasteiger partial charge in [-0.1, -0.05) is 44.9 Å². The number of aliphatic hydroxyl groups excluding tert-OH is 1. The van der Waals surface area contributed by atoms with Crippen molar-refractivity contribution in [1.29, 1.82) is 0 Å². The predicted molar refractivity (Wildman–Crippen MR) is 134 cm³/mol. The second kappa shape index (κ2) is 29.6. The molecule has 33 heavy (non-hydrogen) atoms. The van der Waals surface area contributed by atoms with E-state index in [1.54, 1.807) is 0 Å². The highest BCUT2D eigenvalue weighted by molar-refractivity contribution is 7.80. The maximum absolute atomic E-state index is 11.8. The maximum Gasteiger partial charge on any atom is 0.220 e. The summed E-state index contributed by atoms with van der Waals surface area (Å²) in [5.41, 5.74) is 0. The quantitative estimate of drug-likeness (QED) is 0.113. The Balaban J connectivity index is 3.13. The molecule has 0 aliphatic carbocycles. The third-order valence-corrected chi connectivity index (χ3v) is 5.17. The average molecular weight is 496 g/mol. The van der Waals surface area contributed by atoms with Gasteiger partial charge < -0.3 is 34.1 Å². The molecule has 0 fully saturated rings. The summed E-state index contributed by atoms with van der Waals surface area (Å²) in [6, 6.07) is 0. The zero-order valence-corrected chi connectivity index (χ0v) is 21.5. The fourth-order valence-electron chi connectivity index (χ4n) is 3.03. The molecule has 0 aromatic carbocycles. The van der Waals surface area contributed by atoms with Gasteiger partial charge in [0.1, 0.15) is 0 Å². The van der Waals surface area contributed by atoms with E-state index in [1.807, 2.05) is 0 Å². The SMILES string of the molecule is O=C(CCCCCCCCCCCS)NCCOCCOCCOCCOCCOCCO. The van der Waals surface area contributed by atoms with E-state index in [0.717, 1.165) is 18.6 Å². The Labute approximate surface area is 206 Å². The lowest BCUT2D eigenvalue weighted by molar-refractivity contribution is -0.121. The molecule has 0 spiro atoms. The highest BCUT2D eigenvalue weighted by atomic mass is 32.1. The van der Waals surface area contributed by atoms with Crippen LogP contribution in [-0.4, -0.2) is 96.0 Å². The van der Waals surface area contributed by atoms with Crippen molar-refractivity contribution in [2.45, 2.75) is 64.2 Å². The molecule has 0 saturated carbocycles. The van der Waals surface area contributed by atoms with Crippen molar-refractivity contribution < 1.29 is 33.6 Å². The summed E-state index contributed by atoms with van der Waals surface area (Å²) in [5, 5.41) is 11.5. The van der Waals surface area contributed by atoms with E-state index in [-0.39, 0.29) is 12.5 Å². The van der Waals surface area contributed by atoms with Crippen LogP contribution in [0.4, 0.5) is 0 Å². The van der Waals surface area contributed by atoms with Crippen LogP contribution in [-0.2, 0) is 28.5 Å². The molecule has 2 N–H and O–H groups in total. The van der Waals surface area contributed by atoms with Gasteiger partial charge in [-0.25, -0.2) is 0 Å². The van der Waals surface area contributed by atoms with E-state index in [1.165, 1.54) is 44.9 Å². The lowest BCUT2D eigenvalue weighted by atomic mass is 10.1. The van der Waals surface area contributed by atoms with Crippen LogP contribution in [0.5, 0.6) is 0 Å². The molecule has 9 heteroatoms. The summed E-state index contributed by atoms with van der Waals surface area (Å²) in [6.45, 7) is 5.43. The zero-order chi connectivity index (χ0) is 24.1. The molecule has 8 nitrogen and oxygen atoms in total. The Morgan fingerprint density at radius 3 is 1.42 bits per heavy atom. The molecule has 1 amide bonds. The number of hydrogen-bond acceptors (Lipinski definition) is 8. The smallest absolute Gasteiger partial charge is 0.220 e. The van der Waals surface area contributed by atoms with Crippen LogP contribution < -0.4 is 5.32 Å². The summed E-state index contributed by atoms with van der Waals surface area (Å²) in [5.74, 6) is 1.11. The molecule has 0 saturated heterocycles. The molecule has 0 radical (unpaired) electrons. The van der Waals surface area contributed by atoms with Gasteiger partial charge in [0.15, 0.2) is 0 Å². The first kappa shape index (κ1) is 32.6. The minimum atomic E-state index is 0.0307. The second-order valence-electron chi connectivity index (χ2n) is 7.79. The molecule has 0 aromatic rings. The van der Waals surface area contributed by atoms with Crippen molar-refractivity contribution in [2.24, 2.45) is 0 Å². The van der Waals surface area contributed by atoms with Crippen LogP contribution in [0.2, 0.25) is 0 Å². The molecular weight excluding hydrogens is 446 g/mol. The monoisotopic (exact) mass is 495 g/mol. The number of carbonyl (C=O) groups excluding carboxylic acids is 1. The third-order valence-electron chi connectivity index (χ3n) is 4.85. The Bertz CT molecular complexity index is 392. The van der Waals surface area contributed by atoms with Gasteiger partial charge in [-0.15, -0.1) is 0 Å². The maximum atomic E-state index is 11.8. The molecule has 0 bridgehead atoms. The van der Waals surface area contributed by atoms with Gasteiger partial charge in [0, 0.05) is 13.0 Å². The fourth-order valence-corrected chi connectivity index (χ4v) is 3.26. The van der Waals surface area contributed by atoms with E-state index in [0.29, 0.717) is 79.0 Å². The van der Waals surface area contributed by atoms with Gasteiger partial charge in [-0.05, 0) is 18.6 Å². The van der Waals surface area contributed by atoms with Crippen molar-refractivity contribution in [3.63, 3.8) is 0 Å². The molecule has 0 aromatic heterocycles. The summed E-state index contributed by atoms with van der Waals surface area (Å²) < 4.78 is 26.7. The lowest BCUT2D eigenvalue weighted by Crippen LogP contribution is -2.27. The second-order valence-corrected chi connectivity index (χ2v) is 8.24. The largest absolute Gasteiger partial charge is 0.394 e. The number of hydrogen-bond donors (Lipinski definition) is 3. The Morgan fingerprint density at radius 2 is 0.970 bits per heavy atom. The highest BCUT2D eigenvalue weighted by Crippen LogP contribution is 2.10. The van der Waals surface area contributed by atoms with Crippen LogP contribution in [0.1, 0.15) is 64.2 Å². The number of thiol groups is 1. The van der Waals surface area contributed by atoms with E-state index in [2.05, 4.69) is 17.9 Å². The Kier molecular flexibility index (Phi) is 29.2. The van der Waals surface area contributed by atoms with Crippen LogP contribution in [0.25, 0.3) is 0 Å². The van der Waals surface area contributed by atoms with Gasteiger partial charge in [-0.2, -0.15) is 12.6 Å². The molecule has 0 unspecified atom stereocenters. The van der Waals surface area contributed by atoms with Gasteiger partial charge in [0.2, 0.25) is 5.91 Å². The number of unbranched alkanes of at least 4 members (excludes halogenated alkanes) is 8. The average Bonchev–Trinajstić information content (AvgIpc) is 2.82. The third kappa shape index (κ3) is 29.5. The molecule has 0 aliphatic rings. The van der Waals surface area contributed by atoms with Gasteiger partial charge >= 0.3 is 0 Å². The molecule has 198 valence electrons. The first-order valence-corrected chi connectivity index (χ1v) is 13.3. The molecule has 0 aliphatic heterocycles. The summed E-state index contributed by atoms with van der Waals surface area (Å²) in [6.07, 6.45) is 11.7. The van der Waals surface area contributed by atoms with Crippen molar-refractivity contribution in [2.75, 3.05) is 85.0 Å². The van der Waals surface area contributed by atoms with E-state index in [4.69, 9.17) is 28.8 Å². The minimum Gasteiger partial charge on any atom is -0.394 e. The van der Waals surface area contributed by atoms with Gasteiger partial charge in [-0.3, -0.25) is 4.79 Å². The number of carbonyl (C=O) groups is 1. The van der Waals surface area contributed by atoms with Crippen molar-refractivity contribution in [3.8, 4) is 0 Å². The van der Waals surface area contributed by atoms with Crippen LogP contribution in [0.15, 0.2) is 0 Å². The highest BCUT2D eigenvalue weighted by Gasteiger charge is 2.01. The fraction of sp³-hybridized carbons (Fsp3) is 0.958. The van der Waals surface area contributed by atoms with Gasteiger partial charge in [0.05, 0.1) is 72.7 Å². The van der Waals surface area contributed by atoms with Crippen molar-refractivity contribution >= 4 is 18.5 Å². The molecule has 0 atom stereocenters. The van der Waals surface area contributed by atoms with E-state index in [9.17, 15) is 4.79 Å². The Hall–Kier alpha value is -0.420. The van der Waals surface area contributed by atoms with E-state index < -0.39 is 0 Å². The van der Waals surface area contributed by atoms with Crippen LogP contribution in [0.3, 0.4) is 0 Å². The standard InChI is InChI=1S/C24H49NO7S/c26-12-14-29-16-18-31-20-22-32-21-19-30-17-15-28-13-11-25-24(27)10-8-6-4-2-1-3-5-7-9-23-33/h26,33H,1-23H2,(H,25,27).